The lowest BCUT2D eigenvalue weighted by Gasteiger charge is -1.52. The Morgan fingerprint density at radius 3 is 2.60 bits per heavy atom. The fourth-order valence-corrected chi connectivity index (χ4v) is 0.0333. The van der Waals surface area contributed by atoms with Gasteiger partial charge < -0.3 is 5.73 Å². The van der Waals surface area contributed by atoms with Crippen LogP contribution in [0.15, 0.2) is 4.99 Å². The Bertz CT molecular complexity index is 67.5. The molecule has 0 unspecified atom stereocenters. The van der Waals surface area contributed by atoms with Gasteiger partial charge in [0.05, 0.1) is 6.34 Å². The van der Waals surface area contributed by atoms with Gasteiger partial charge in [-0.05, 0) is 0 Å². The summed E-state index contributed by atoms with van der Waals surface area (Å²) in [6, 6.07) is 0. The van der Waals surface area contributed by atoms with Crippen LogP contribution in [0.3, 0.4) is 0 Å². The van der Waals surface area contributed by atoms with Crippen LogP contribution in [0.1, 0.15) is 0 Å². The van der Waals surface area contributed by atoms with Gasteiger partial charge in [0, 0.05) is 0 Å². The average molecular weight is 69.1 g/mol. The molecule has 0 aliphatic rings. The quantitative estimate of drug-likeness (QED) is 0.236. The molecule has 0 fully saturated rings. The number of nitrogens with two attached hydrogens (primary N) is 1. The monoisotopic (exact) mass is 69.0 g/mol. The molecule has 0 heterocycles. The molecule has 0 saturated carbocycles. The Morgan fingerprint density at radius 2 is 2.60 bits per heavy atom. The van der Waals surface area contributed by atoms with E-state index in [1.54, 1.807) is 0 Å². The first-order valence-corrected chi connectivity index (χ1v) is 1.04. The van der Waals surface area contributed by atoms with Crippen LogP contribution in [0.2, 0.25) is 0 Å². The van der Waals surface area contributed by atoms with E-state index in [0.29, 0.717) is 0 Å². The molecule has 0 aliphatic heterocycles. The van der Waals surface area contributed by atoms with Crippen molar-refractivity contribution in [2.45, 2.75) is 0 Å². The third-order valence-corrected chi connectivity index (χ3v) is 0.132. The van der Waals surface area contributed by atoms with Crippen LogP contribution in [-0.2, 0) is 0 Å². The van der Waals surface area contributed by atoms with Crippen LogP contribution in [0.4, 0.5) is 0 Å². The molecule has 0 rings (SSSR count). The van der Waals surface area contributed by atoms with Gasteiger partial charge in [-0.3, -0.25) is 0 Å². The van der Waals surface area contributed by atoms with Gasteiger partial charge in [-0.2, -0.15) is 10.3 Å². The van der Waals surface area contributed by atoms with Crippen molar-refractivity contribution >= 4 is 6.34 Å². The summed E-state index contributed by atoms with van der Waals surface area (Å²) in [6.07, 6.45) is 2.41. The molecule has 0 spiro atoms. The zero-order chi connectivity index (χ0) is 4.12. The molecule has 26 valence electrons. The van der Waals surface area contributed by atoms with E-state index < -0.39 is 0 Å². The molecule has 0 radical (unpaired) electrons. The smallest absolute Gasteiger partial charge is 0.207 e. The number of hydrogen-bond donors (Lipinski definition) is 1. The third kappa shape index (κ3) is 2.96. The molecule has 0 aromatic heterocycles. The molecule has 0 amide bonds. The minimum absolute atomic E-state index is 0.944. The SMILES string of the molecule is N#CN=CN. The highest BCUT2D eigenvalue weighted by Crippen LogP contribution is 1.42. The second-order valence-electron chi connectivity index (χ2n) is 0.378. The molecular weight excluding hydrogens is 66.0 g/mol. The Morgan fingerprint density at radius 1 is 2.00 bits per heavy atom. The van der Waals surface area contributed by atoms with Gasteiger partial charge in [0.15, 0.2) is 0 Å². The van der Waals surface area contributed by atoms with E-state index in [0.717, 1.165) is 6.34 Å². The van der Waals surface area contributed by atoms with Crippen molar-refractivity contribution in [1.29, 1.82) is 5.26 Å². The van der Waals surface area contributed by atoms with Gasteiger partial charge in [-0.25, -0.2) is 0 Å². The van der Waals surface area contributed by atoms with E-state index >= 15 is 0 Å². The summed E-state index contributed by atoms with van der Waals surface area (Å²) in [5.74, 6) is 0. The van der Waals surface area contributed by atoms with Crippen LogP contribution in [0.25, 0.3) is 0 Å². The molecular formula is C2H3N3. The van der Waals surface area contributed by atoms with Crippen LogP contribution in [0, 0.1) is 11.5 Å². The van der Waals surface area contributed by atoms with E-state index in [4.69, 9.17) is 5.26 Å². The minimum atomic E-state index is 0.944. The van der Waals surface area contributed by atoms with E-state index in [1.807, 2.05) is 0 Å². The first-order valence-electron chi connectivity index (χ1n) is 1.04. The molecule has 0 aliphatic carbocycles. The number of aliphatic imine (C=N–C) groups is 1. The fraction of sp³-hybridized carbons (Fsp3) is 0. The molecule has 2 N–H and O–H groups in total. The van der Waals surface area contributed by atoms with Crippen LogP contribution in [0.5, 0.6) is 0 Å². The molecule has 0 aromatic rings. The Labute approximate surface area is 29.7 Å². The van der Waals surface area contributed by atoms with E-state index in [9.17, 15) is 0 Å². The van der Waals surface area contributed by atoms with Crippen molar-refractivity contribution in [3.8, 4) is 6.19 Å². The summed E-state index contributed by atoms with van der Waals surface area (Å²) in [5.41, 5.74) is 4.62. The number of rotatable bonds is 0. The second kappa shape index (κ2) is 2.96. The van der Waals surface area contributed by atoms with E-state index in [-0.39, 0.29) is 0 Å². The summed E-state index contributed by atoms with van der Waals surface area (Å²) in [5, 5.41) is 7.54. The highest BCUT2D eigenvalue weighted by molar-refractivity contribution is 5.52. The fourth-order valence-electron chi connectivity index (χ4n) is 0.0333. The second-order valence-corrected chi connectivity index (χ2v) is 0.378. The van der Waals surface area contributed by atoms with Crippen molar-refractivity contribution in [1.82, 2.24) is 0 Å². The first kappa shape index (κ1) is 3.96. The normalized spacial score (nSPS) is 7.80. The van der Waals surface area contributed by atoms with Gasteiger partial charge in [-0.15, -0.1) is 0 Å². The minimum Gasteiger partial charge on any atom is -0.389 e. The molecule has 5 heavy (non-hydrogen) atoms. The highest BCUT2D eigenvalue weighted by Gasteiger charge is 1.44. The highest BCUT2D eigenvalue weighted by atomic mass is 14.8. The van der Waals surface area contributed by atoms with Gasteiger partial charge in [0.2, 0.25) is 6.19 Å². The van der Waals surface area contributed by atoms with Crippen LogP contribution >= 0.6 is 0 Å². The third-order valence-electron chi connectivity index (χ3n) is 0.132. The molecule has 0 saturated heterocycles. The largest absolute Gasteiger partial charge is 0.389 e. The average Bonchev–Trinajstić information content (AvgIpc) is 1.41. The van der Waals surface area contributed by atoms with Crippen molar-refractivity contribution in [3.05, 3.63) is 0 Å². The van der Waals surface area contributed by atoms with Gasteiger partial charge in [0.1, 0.15) is 0 Å². The zero-order valence-electron chi connectivity index (χ0n) is 2.55. The lowest BCUT2D eigenvalue weighted by atomic mass is 11.2. The summed E-state index contributed by atoms with van der Waals surface area (Å²) < 4.78 is 0. The lowest BCUT2D eigenvalue weighted by Crippen LogP contribution is -1.84. The predicted octanol–water partition coefficient (Wildman–Crippen LogP) is -0.546. The van der Waals surface area contributed by atoms with Gasteiger partial charge in [-0.1, -0.05) is 0 Å². The van der Waals surface area contributed by atoms with Crippen molar-refractivity contribution in [3.63, 3.8) is 0 Å². The summed E-state index contributed by atoms with van der Waals surface area (Å²) in [7, 11) is 0. The molecule has 0 aromatic carbocycles. The molecule has 0 bridgehead atoms. The van der Waals surface area contributed by atoms with Crippen molar-refractivity contribution in [2.75, 3.05) is 0 Å². The maximum absolute atomic E-state index is 7.54. The van der Waals surface area contributed by atoms with Gasteiger partial charge in [0.25, 0.3) is 0 Å². The Balaban J connectivity index is 3.04. The van der Waals surface area contributed by atoms with Crippen molar-refractivity contribution < 1.29 is 0 Å². The number of nitriles is 1. The topological polar surface area (TPSA) is 62.2 Å². The predicted molar refractivity (Wildman–Crippen MR) is 18.3 cm³/mol. The standard InChI is InChI=1S/C2H3N3/c3-1-5-2-4/h1H,(H2,3,5). The van der Waals surface area contributed by atoms with Crippen LogP contribution < -0.4 is 5.73 Å². The number of nitrogens with zero attached hydrogens (tertiary/aromatic N) is 2. The Hall–Kier alpha value is -1.04. The lowest BCUT2D eigenvalue weighted by molar-refractivity contribution is 1.44. The molecule has 0 atom stereocenters. The first-order chi connectivity index (χ1) is 2.41. The maximum atomic E-state index is 7.54. The zero-order valence-corrected chi connectivity index (χ0v) is 2.55. The summed E-state index contributed by atoms with van der Waals surface area (Å²) in [6.45, 7) is 0. The van der Waals surface area contributed by atoms with Gasteiger partial charge >= 0.3 is 0 Å². The molecule has 3 nitrogen and oxygen atoms in total. The summed E-state index contributed by atoms with van der Waals surface area (Å²) in [4.78, 5) is 2.93. The van der Waals surface area contributed by atoms with E-state index in [2.05, 4.69) is 10.7 Å². The number of hydrogen-bond acceptors (Lipinski definition) is 2. The Kier molecular flexibility index (Phi) is 2.34. The van der Waals surface area contributed by atoms with E-state index in [1.165, 1.54) is 6.19 Å². The summed E-state index contributed by atoms with van der Waals surface area (Å²) >= 11 is 0. The van der Waals surface area contributed by atoms with Crippen molar-refractivity contribution in [2.24, 2.45) is 10.7 Å². The van der Waals surface area contributed by atoms with Crippen LogP contribution in [-0.4, -0.2) is 6.34 Å². The molecule has 3 heteroatoms. The maximum Gasteiger partial charge on any atom is 0.207 e.